The average molecular weight is 310 g/mol. The molecule has 0 aliphatic carbocycles. The molecule has 0 saturated heterocycles. The Morgan fingerprint density at radius 2 is 2.30 bits per heavy atom. The smallest absolute Gasteiger partial charge is 0.265 e. The van der Waals surface area contributed by atoms with Crippen molar-refractivity contribution in [2.24, 2.45) is 0 Å². The molecule has 1 atom stereocenters. The van der Waals surface area contributed by atoms with Gasteiger partial charge >= 0.3 is 0 Å². The SMILES string of the molecule is CCc1nnsc1C(=O)NC[C@H](c1ccsc1)N(C)C. The molecule has 2 aromatic heterocycles. The Kier molecular flexibility index (Phi) is 5.22. The zero-order valence-electron chi connectivity index (χ0n) is 11.8. The van der Waals surface area contributed by atoms with E-state index in [1.165, 1.54) is 5.56 Å². The number of aromatic nitrogens is 2. The van der Waals surface area contributed by atoms with Gasteiger partial charge in [0.2, 0.25) is 0 Å². The van der Waals surface area contributed by atoms with Crippen LogP contribution in [0.1, 0.15) is 33.9 Å². The number of carbonyl (C=O) groups excluding carboxylic acids is 1. The number of hydrogen-bond donors (Lipinski definition) is 1. The van der Waals surface area contributed by atoms with Gasteiger partial charge in [0.25, 0.3) is 5.91 Å². The number of thiophene rings is 1. The van der Waals surface area contributed by atoms with Gasteiger partial charge < -0.3 is 10.2 Å². The molecule has 0 unspecified atom stereocenters. The Labute approximate surface area is 126 Å². The fourth-order valence-corrected chi connectivity index (χ4v) is 3.32. The molecule has 0 fully saturated rings. The lowest BCUT2D eigenvalue weighted by molar-refractivity contribution is 0.0945. The van der Waals surface area contributed by atoms with E-state index in [1.807, 2.05) is 21.0 Å². The van der Waals surface area contributed by atoms with Gasteiger partial charge in [0.15, 0.2) is 0 Å². The summed E-state index contributed by atoms with van der Waals surface area (Å²) in [6, 6.07) is 2.27. The van der Waals surface area contributed by atoms with Crippen molar-refractivity contribution in [2.75, 3.05) is 20.6 Å². The quantitative estimate of drug-likeness (QED) is 0.888. The zero-order chi connectivity index (χ0) is 14.5. The van der Waals surface area contributed by atoms with Gasteiger partial charge in [-0.1, -0.05) is 11.4 Å². The number of carbonyl (C=O) groups is 1. The molecule has 2 aromatic rings. The highest BCUT2D eigenvalue weighted by atomic mass is 32.1. The van der Waals surface area contributed by atoms with Crippen molar-refractivity contribution in [2.45, 2.75) is 19.4 Å². The van der Waals surface area contributed by atoms with E-state index < -0.39 is 0 Å². The Morgan fingerprint density at radius 1 is 1.50 bits per heavy atom. The van der Waals surface area contributed by atoms with Crippen molar-refractivity contribution in [3.05, 3.63) is 33.0 Å². The first-order valence-corrected chi connectivity index (χ1v) is 8.13. The topological polar surface area (TPSA) is 58.1 Å². The molecule has 20 heavy (non-hydrogen) atoms. The van der Waals surface area contributed by atoms with Crippen LogP contribution in [0.4, 0.5) is 0 Å². The van der Waals surface area contributed by atoms with Gasteiger partial charge in [-0.15, -0.1) is 5.10 Å². The summed E-state index contributed by atoms with van der Waals surface area (Å²) < 4.78 is 3.85. The van der Waals surface area contributed by atoms with Crippen LogP contribution in [0.3, 0.4) is 0 Å². The molecule has 0 aromatic carbocycles. The summed E-state index contributed by atoms with van der Waals surface area (Å²) in [4.78, 5) is 14.9. The molecular formula is C13H18N4OS2. The molecule has 7 heteroatoms. The minimum atomic E-state index is -0.0843. The van der Waals surface area contributed by atoms with E-state index in [1.54, 1.807) is 11.3 Å². The van der Waals surface area contributed by atoms with Crippen LogP contribution in [-0.4, -0.2) is 41.0 Å². The van der Waals surface area contributed by atoms with E-state index in [-0.39, 0.29) is 11.9 Å². The number of rotatable bonds is 6. The minimum absolute atomic E-state index is 0.0843. The van der Waals surface area contributed by atoms with Crippen molar-refractivity contribution in [1.82, 2.24) is 19.8 Å². The summed E-state index contributed by atoms with van der Waals surface area (Å²) in [6.07, 6.45) is 0.723. The third-order valence-electron chi connectivity index (χ3n) is 3.10. The predicted octanol–water partition coefficient (Wildman–Crippen LogP) is 2.19. The lowest BCUT2D eigenvalue weighted by Crippen LogP contribution is -2.34. The number of nitrogens with zero attached hydrogens (tertiary/aromatic N) is 3. The molecule has 1 N–H and O–H groups in total. The van der Waals surface area contributed by atoms with Crippen molar-refractivity contribution < 1.29 is 4.79 Å². The largest absolute Gasteiger partial charge is 0.349 e. The van der Waals surface area contributed by atoms with Gasteiger partial charge in [-0.2, -0.15) is 11.3 Å². The standard InChI is InChI=1S/C13H18N4OS2/c1-4-10-12(20-16-15-10)13(18)14-7-11(17(2)3)9-5-6-19-8-9/h5-6,8,11H,4,7H2,1-3H3,(H,14,18)/t11-/m1/s1. The molecule has 0 aliphatic rings. The molecule has 0 radical (unpaired) electrons. The van der Waals surface area contributed by atoms with Gasteiger partial charge in [0.1, 0.15) is 4.88 Å². The van der Waals surface area contributed by atoms with Crippen LogP contribution < -0.4 is 5.32 Å². The van der Waals surface area contributed by atoms with Crippen LogP contribution in [0.5, 0.6) is 0 Å². The molecule has 0 spiro atoms. The van der Waals surface area contributed by atoms with Gasteiger partial charge in [-0.05, 0) is 54.4 Å². The average Bonchev–Trinajstić information content (AvgIpc) is 3.09. The lowest BCUT2D eigenvalue weighted by atomic mass is 10.1. The molecule has 0 aliphatic heterocycles. The summed E-state index contributed by atoms with van der Waals surface area (Å²) >= 11 is 2.82. The number of likely N-dealkylation sites (N-methyl/N-ethyl adjacent to an activating group) is 1. The molecule has 2 rings (SSSR count). The monoisotopic (exact) mass is 310 g/mol. The van der Waals surface area contributed by atoms with Crippen molar-refractivity contribution in [3.63, 3.8) is 0 Å². The normalized spacial score (nSPS) is 12.6. The molecule has 5 nitrogen and oxygen atoms in total. The van der Waals surface area contributed by atoms with E-state index in [2.05, 4.69) is 36.6 Å². The molecule has 0 saturated carbocycles. The fourth-order valence-electron chi connectivity index (χ4n) is 1.95. The summed E-state index contributed by atoms with van der Waals surface area (Å²) in [5.41, 5.74) is 1.99. The van der Waals surface area contributed by atoms with E-state index in [4.69, 9.17) is 0 Å². The first-order chi connectivity index (χ1) is 9.63. The molecular weight excluding hydrogens is 292 g/mol. The van der Waals surface area contributed by atoms with Crippen LogP contribution in [0.25, 0.3) is 0 Å². The second-order valence-electron chi connectivity index (χ2n) is 4.65. The van der Waals surface area contributed by atoms with Crippen molar-refractivity contribution in [1.29, 1.82) is 0 Å². The predicted molar refractivity (Wildman–Crippen MR) is 82.4 cm³/mol. The number of nitrogens with one attached hydrogen (secondary N) is 1. The third kappa shape index (κ3) is 3.41. The first-order valence-electron chi connectivity index (χ1n) is 6.41. The van der Waals surface area contributed by atoms with Gasteiger partial charge in [-0.25, -0.2) is 0 Å². The Morgan fingerprint density at radius 3 is 2.90 bits per heavy atom. The summed E-state index contributed by atoms with van der Waals surface area (Å²) in [5.74, 6) is -0.0843. The number of aryl methyl sites for hydroxylation is 1. The minimum Gasteiger partial charge on any atom is -0.349 e. The van der Waals surface area contributed by atoms with Crippen LogP contribution in [0.15, 0.2) is 16.8 Å². The fraction of sp³-hybridized carbons (Fsp3) is 0.462. The highest BCUT2D eigenvalue weighted by Crippen LogP contribution is 2.20. The van der Waals surface area contributed by atoms with Crippen LogP contribution in [0.2, 0.25) is 0 Å². The number of hydrogen-bond acceptors (Lipinski definition) is 6. The lowest BCUT2D eigenvalue weighted by Gasteiger charge is -2.23. The second kappa shape index (κ2) is 6.92. The van der Waals surface area contributed by atoms with E-state index >= 15 is 0 Å². The molecule has 108 valence electrons. The van der Waals surface area contributed by atoms with E-state index in [0.717, 1.165) is 23.6 Å². The van der Waals surface area contributed by atoms with Crippen molar-refractivity contribution in [3.8, 4) is 0 Å². The maximum atomic E-state index is 12.2. The second-order valence-corrected chi connectivity index (χ2v) is 6.18. The van der Waals surface area contributed by atoms with Crippen LogP contribution in [0, 0.1) is 0 Å². The van der Waals surface area contributed by atoms with E-state index in [0.29, 0.717) is 11.4 Å². The van der Waals surface area contributed by atoms with Crippen LogP contribution in [-0.2, 0) is 6.42 Å². The maximum absolute atomic E-state index is 12.2. The van der Waals surface area contributed by atoms with Gasteiger partial charge in [0, 0.05) is 6.54 Å². The summed E-state index contributed by atoms with van der Waals surface area (Å²) in [6.45, 7) is 2.55. The Hall–Kier alpha value is -1.31. The highest BCUT2D eigenvalue weighted by Gasteiger charge is 2.19. The first kappa shape index (κ1) is 15.1. The summed E-state index contributed by atoms with van der Waals surface area (Å²) in [5, 5.41) is 11.1. The zero-order valence-corrected chi connectivity index (χ0v) is 13.4. The highest BCUT2D eigenvalue weighted by molar-refractivity contribution is 7.08. The maximum Gasteiger partial charge on any atom is 0.265 e. The number of amides is 1. The van der Waals surface area contributed by atoms with Crippen LogP contribution >= 0.6 is 22.9 Å². The molecule has 0 bridgehead atoms. The van der Waals surface area contributed by atoms with Gasteiger partial charge in [-0.3, -0.25) is 4.79 Å². The Bertz CT molecular complexity index is 550. The Balaban J connectivity index is 2.01. The van der Waals surface area contributed by atoms with Crippen molar-refractivity contribution >= 4 is 28.8 Å². The summed E-state index contributed by atoms with van der Waals surface area (Å²) in [7, 11) is 4.03. The van der Waals surface area contributed by atoms with E-state index in [9.17, 15) is 4.79 Å². The van der Waals surface area contributed by atoms with Gasteiger partial charge in [0.05, 0.1) is 11.7 Å². The molecule has 1 amide bonds. The third-order valence-corrected chi connectivity index (χ3v) is 4.57. The molecule has 2 heterocycles.